The molecule has 105 heavy (non-hydrogen) atoms. The zero-order valence-electron chi connectivity index (χ0n) is 69.4. The third kappa shape index (κ3) is 79.9. The van der Waals surface area contributed by atoms with Gasteiger partial charge < -0.3 is 33.8 Å². The van der Waals surface area contributed by atoms with E-state index in [2.05, 4.69) is 55.4 Å². The first-order valence-electron chi connectivity index (χ1n) is 44.2. The Morgan fingerprint density at radius 2 is 0.400 bits per heavy atom. The molecule has 0 fully saturated rings. The largest absolute Gasteiger partial charge is 0.472 e. The molecule has 0 aliphatic rings. The highest BCUT2D eigenvalue weighted by Gasteiger charge is 2.30. The number of phosphoric acid groups is 2. The van der Waals surface area contributed by atoms with Gasteiger partial charge in [0.1, 0.15) is 19.3 Å². The van der Waals surface area contributed by atoms with Crippen molar-refractivity contribution in [3.05, 3.63) is 0 Å². The summed E-state index contributed by atoms with van der Waals surface area (Å²) in [5, 5.41) is 10.7. The summed E-state index contributed by atoms with van der Waals surface area (Å²) in [5.74, 6) is 0.990. The SMILES string of the molecule is CC(C)CCCCCCCCCCCCCCCCCCCCC(=O)OC[C@H](COP(=O)(O)OCC(O)COP(=O)(O)OC[C@@H](COC(=O)CCCCCCCCC(C)C)OC(=O)CCCCCCCCCCCCCCCCC(C)C)OC(=O)CCCCCCCCCCCCCCCCCC(C)C. The Morgan fingerprint density at radius 1 is 0.238 bits per heavy atom. The van der Waals surface area contributed by atoms with Crippen molar-refractivity contribution in [1.82, 2.24) is 0 Å². The Morgan fingerprint density at radius 3 is 0.590 bits per heavy atom. The van der Waals surface area contributed by atoms with E-state index < -0.39 is 97.5 Å². The molecule has 0 aliphatic heterocycles. The first-order valence-corrected chi connectivity index (χ1v) is 47.2. The lowest BCUT2D eigenvalue weighted by molar-refractivity contribution is -0.161. The van der Waals surface area contributed by atoms with Crippen molar-refractivity contribution < 1.29 is 80.2 Å². The van der Waals surface area contributed by atoms with Crippen molar-refractivity contribution in [2.24, 2.45) is 23.7 Å². The Hall–Kier alpha value is -1.94. The second-order valence-electron chi connectivity index (χ2n) is 32.8. The van der Waals surface area contributed by atoms with Crippen LogP contribution in [0.1, 0.15) is 447 Å². The van der Waals surface area contributed by atoms with Crippen LogP contribution in [0.3, 0.4) is 0 Å². The number of rotatable bonds is 83. The molecule has 0 rings (SSSR count). The summed E-state index contributed by atoms with van der Waals surface area (Å²) in [6, 6.07) is 0. The highest BCUT2D eigenvalue weighted by Crippen LogP contribution is 2.45. The summed E-state index contributed by atoms with van der Waals surface area (Å²) in [5.41, 5.74) is 0. The van der Waals surface area contributed by atoms with E-state index >= 15 is 0 Å². The molecular weight excluding hydrogens is 1370 g/mol. The van der Waals surface area contributed by atoms with E-state index in [1.165, 1.54) is 244 Å². The lowest BCUT2D eigenvalue weighted by Crippen LogP contribution is -2.30. The lowest BCUT2D eigenvalue weighted by Gasteiger charge is -2.21. The predicted molar refractivity (Wildman–Crippen MR) is 432 cm³/mol. The van der Waals surface area contributed by atoms with Crippen LogP contribution in [0, 0.1) is 23.7 Å². The first kappa shape index (κ1) is 103. The second-order valence-corrected chi connectivity index (χ2v) is 35.7. The van der Waals surface area contributed by atoms with Gasteiger partial charge in [-0.05, 0) is 49.4 Å². The van der Waals surface area contributed by atoms with Gasteiger partial charge in [0.25, 0.3) is 0 Å². The van der Waals surface area contributed by atoms with Gasteiger partial charge in [-0.25, -0.2) is 9.13 Å². The number of carbonyl (C=O) groups is 4. The van der Waals surface area contributed by atoms with E-state index in [1.807, 2.05) is 0 Å². The second kappa shape index (κ2) is 74.8. The maximum atomic E-state index is 13.1. The van der Waals surface area contributed by atoms with E-state index in [1.54, 1.807) is 0 Å². The van der Waals surface area contributed by atoms with Gasteiger partial charge in [0.15, 0.2) is 12.2 Å². The van der Waals surface area contributed by atoms with Gasteiger partial charge >= 0.3 is 39.5 Å². The predicted octanol–water partition coefficient (Wildman–Crippen LogP) is 25.9. The standard InChI is InChI=1S/C86H168O17P2/c1-76(2)62-54-46-38-32-26-20-14-11-9-10-12-16-23-29-35-41-50-58-66-83(88)96-72-81(102-85(90)68-60-52-42-36-30-24-17-13-15-21-27-33-39-47-55-63-77(3)4)74-100-104(92,93)98-70-80(87)71-99-105(94,95)101-75-82(73-97-84(89)67-59-51-45-44-49-57-65-79(7)8)103-86(91)69-61-53-43-37-31-25-19-18-22-28-34-40-48-56-64-78(5)6/h76-82,87H,9-75H2,1-8H3,(H,92,93)(H,94,95)/t80?,81-,82-/m1/s1. The van der Waals surface area contributed by atoms with E-state index in [9.17, 15) is 43.2 Å². The van der Waals surface area contributed by atoms with Crippen molar-refractivity contribution in [3.63, 3.8) is 0 Å². The number of ether oxygens (including phenoxy) is 4. The number of esters is 4. The van der Waals surface area contributed by atoms with E-state index in [0.717, 1.165) is 114 Å². The van der Waals surface area contributed by atoms with Gasteiger partial charge in [-0.1, -0.05) is 396 Å². The van der Waals surface area contributed by atoms with Crippen molar-refractivity contribution in [2.75, 3.05) is 39.6 Å². The molecule has 0 radical (unpaired) electrons. The minimum atomic E-state index is -4.97. The highest BCUT2D eigenvalue weighted by atomic mass is 31.2. The molecule has 624 valence electrons. The summed E-state index contributed by atoms with van der Waals surface area (Å²) in [7, 11) is -9.93. The smallest absolute Gasteiger partial charge is 0.462 e. The van der Waals surface area contributed by atoms with Crippen LogP contribution < -0.4 is 0 Å². The molecule has 0 amide bonds. The van der Waals surface area contributed by atoms with Crippen LogP contribution in [-0.4, -0.2) is 96.7 Å². The van der Waals surface area contributed by atoms with Crippen LogP contribution in [0.25, 0.3) is 0 Å². The average molecular weight is 1540 g/mol. The average Bonchev–Trinajstić information content (AvgIpc) is 0.990. The molecule has 0 aromatic rings. The summed E-state index contributed by atoms with van der Waals surface area (Å²) in [4.78, 5) is 73.2. The van der Waals surface area contributed by atoms with Crippen LogP contribution in [0.5, 0.6) is 0 Å². The number of carbonyl (C=O) groups excluding carboxylic acids is 4. The minimum Gasteiger partial charge on any atom is -0.462 e. The van der Waals surface area contributed by atoms with Gasteiger partial charge in [0.2, 0.25) is 0 Å². The van der Waals surface area contributed by atoms with Gasteiger partial charge in [-0.3, -0.25) is 37.3 Å². The molecule has 0 saturated carbocycles. The Labute approximate surface area is 645 Å². The van der Waals surface area contributed by atoms with Crippen molar-refractivity contribution >= 4 is 39.5 Å². The van der Waals surface area contributed by atoms with Gasteiger partial charge in [-0.2, -0.15) is 0 Å². The quantitative estimate of drug-likeness (QED) is 0.0222. The summed E-state index contributed by atoms with van der Waals surface area (Å²) in [6.07, 6.45) is 64.1. The zero-order valence-corrected chi connectivity index (χ0v) is 71.2. The van der Waals surface area contributed by atoms with Crippen LogP contribution in [0.2, 0.25) is 0 Å². The molecule has 0 saturated heterocycles. The van der Waals surface area contributed by atoms with E-state index in [4.69, 9.17) is 37.0 Å². The van der Waals surface area contributed by atoms with Crippen molar-refractivity contribution in [2.45, 2.75) is 465 Å². The molecule has 3 N–H and O–H groups in total. The Kier molecular flexibility index (Phi) is 73.4. The number of aliphatic hydroxyl groups excluding tert-OH is 1. The van der Waals surface area contributed by atoms with Gasteiger partial charge in [-0.15, -0.1) is 0 Å². The third-order valence-electron chi connectivity index (χ3n) is 20.1. The topological polar surface area (TPSA) is 237 Å². The number of hydrogen-bond donors (Lipinski definition) is 3. The molecule has 0 spiro atoms. The number of unbranched alkanes of at least 4 members (excludes halogenated alkanes) is 49. The molecule has 0 aromatic heterocycles. The van der Waals surface area contributed by atoms with Crippen LogP contribution >= 0.6 is 15.6 Å². The third-order valence-corrected chi connectivity index (χ3v) is 22.0. The van der Waals surface area contributed by atoms with E-state index in [0.29, 0.717) is 31.6 Å². The number of hydrogen-bond acceptors (Lipinski definition) is 15. The summed E-state index contributed by atoms with van der Waals surface area (Å²) < 4.78 is 68.8. The fourth-order valence-electron chi connectivity index (χ4n) is 13.3. The van der Waals surface area contributed by atoms with Gasteiger partial charge in [0.05, 0.1) is 26.4 Å². The van der Waals surface area contributed by atoms with E-state index in [-0.39, 0.29) is 25.7 Å². The van der Waals surface area contributed by atoms with Crippen molar-refractivity contribution in [3.8, 4) is 0 Å². The molecule has 3 unspecified atom stereocenters. The molecular formula is C86H168O17P2. The molecule has 5 atom stereocenters. The number of phosphoric ester groups is 2. The Balaban J connectivity index is 5.21. The van der Waals surface area contributed by atoms with Gasteiger partial charge in [0, 0.05) is 25.7 Å². The summed E-state index contributed by atoms with van der Waals surface area (Å²) >= 11 is 0. The lowest BCUT2D eigenvalue weighted by atomic mass is 10.0. The monoisotopic (exact) mass is 1540 g/mol. The normalized spacial score (nSPS) is 13.9. The fourth-order valence-corrected chi connectivity index (χ4v) is 14.9. The highest BCUT2D eigenvalue weighted by molar-refractivity contribution is 7.47. The first-order chi connectivity index (χ1) is 50.6. The number of aliphatic hydroxyl groups is 1. The maximum absolute atomic E-state index is 13.1. The molecule has 0 bridgehead atoms. The van der Waals surface area contributed by atoms with Crippen molar-refractivity contribution in [1.29, 1.82) is 0 Å². The zero-order chi connectivity index (χ0) is 77.4. The molecule has 0 aromatic carbocycles. The van der Waals surface area contributed by atoms with Crippen LogP contribution in [0.4, 0.5) is 0 Å². The van der Waals surface area contributed by atoms with Crippen LogP contribution in [0.15, 0.2) is 0 Å². The molecule has 0 heterocycles. The molecule has 19 heteroatoms. The Bertz CT molecular complexity index is 2040. The minimum absolute atomic E-state index is 0.106. The maximum Gasteiger partial charge on any atom is 0.472 e. The molecule has 0 aliphatic carbocycles. The summed E-state index contributed by atoms with van der Waals surface area (Å²) in [6.45, 7) is 14.3. The fraction of sp³-hybridized carbons (Fsp3) is 0.953. The molecule has 17 nitrogen and oxygen atoms in total. The van der Waals surface area contributed by atoms with Crippen LogP contribution in [-0.2, 0) is 65.4 Å².